The van der Waals surface area contributed by atoms with Crippen LogP contribution in [0.15, 0.2) is 54.6 Å². The number of rotatable bonds is 6. The Morgan fingerprint density at radius 3 is 2.52 bits per heavy atom. The van der Waals surface area contributed by atoms with E-state index in [0.717, 1.165) is 28.7 Å². The lowest BCUT2D eigenvalue weighted by Gasteiger charge is -2.04. The number of aromatic carboxylic acids is 1. The molecule has 1 amide bonds. The molecule has 0 spiro atoms. The van der Waals surface area contributed by atoms with Crippen molar-refractivity contribution in [3.8, 4) is 16.2 Å². The standard InChI is InChI=1S/C20H16FNO4S/c1-2-26-15-8-6-12(7-9-15)17-11-16(18(27-17)20(24)25)22-19(23)13-4-3-5-14(21)10-13/h3-11H,2H2,1H3,(H,22,23)(H,24,25). The molecule has 0 aliphatic rings. The zero-order chi connectivity index (χ0) is 19.4. The summed E-state index contributed by atoms with van der Waals surface area (Å²) in [4.78, 5) is 24.6. The van der Waals surface area contributed by atoms with Crippen molar-refractivity contribution in [2.45, 2.75) is 6.92 Å². The number of anilines is 1. The number of amides is 1. The van der Waals surface area contributed by atoms with Crippen molar-refractivity contribution >= 4 is 28.9 Å². The molecular formula is C20H16FNO4S. The van der Waals surface area contributed by atoms with E-state index in [9.17, 15) is 19.1 Å². The molecule has 1 heterocycles. The molecule has 5 nitrogen and oxygen atoms in total. The lowest BCUT2D eigenvalue weighted by Crippen LogP contribution is -2.13. The molecule has 2 N–H and O–H groups in total. The maximum atomic E-state index is 13.3. The van der Waals surface area contributed by atoms with Gasteiger partial charge in [-0.05, 0) is 61.0 Å². The number of halogens is 1. The van der Waals surface area contributed by atoms with Crippen molar-refractivity contribution < 1.29 is 23.8 Å². The molecule has 0 bridgehead atoms. The Hall–Kier alpha value is -3.19. The van der Waals surface area contributed by atoms with E-state index in [1.165, 1.54) is 18.2 Å². The summed E-state index contributed by atoms with van der Waals surface area (Å²) >= 11 is 1.05. The van der Waals surface area contributed by atoms with Gasteiger partial charge in [0.1, 0.15) is 16.4 Å². The third-order valence-electron chi connectivity index (χ3n) is 3.71. The van der Waals surface area contributed by atoms with Gasteiger partial charge in [0.2, 0.25) is 0 Å². The molecular weight excluding hydrogens is 369 g/mol. The van der Waals surface area contributed by atoms with Gasteiger partial charge < -0.3 is 15.2 Å². The lowest BCUT2D eigenvalue weighted by molar-refractivity contribution is 0.0703. The number of hydrogen-bond acceptors (Lipinski definition) is 4. The number of carboxylic acid groups (broad SMARTS) is 1. The molecule has 3 rings (SSSR count). The normalized spacial score (nSPS) is 10.4. The first kappa shape index (κ1) is 18.6. The molecule has 0 radical (unpaired) electrons. The predicted molar refractivity (Wildman–Crippen MR) is 102 cm³/mol. The van der Waals surface area contributed by atoms with Gasteiger partial charge >= 0.3 is 5.97 Å². The second kappa shape index (κ2) is 8.01. The molecule has 0 fully saturated rings. The minimum atomic E-state index is -1.15. The summed E-state index contributed by atoms with van der Waals surface area (Å²) in [5.41, 5.74) is 1.09. The van der Waals surface area contributed by atoms with E-state index in [4.69, 9.17) is 4.74 Å². The minimum Gasteiger partial charge on any atom is -0.494 e. The molecule has 2 aromatic carbocycles. The van der Waals surface area contributed by atoms with Crippen molar-refractivity contribution in [3.63, 3.8) is 0 Å². The van der Waals surface area contributed by atoms with Gasteiger partial charge in [0.05, 0.1) is 12.3 Å². The number of ether oxygens (including phenoxy) is 1. The van der Waals surface area contributed by atoms with E-state index >= 15 is 0 Å². The zero-order valence-electron chi connectivity index (χ0n) is 14.4. The van der Waals surface area contributed by atoms with Gasteiger partial charge in [0.25, 0.3) is 5.91 Å². The molecule has 138 valence electrons. The fourth-order valence-corrected chi connectivity index (χ4v) is 3.45. The molecule has 0 saturated carbocycles. The highest BCUT2D eigenvalue weighted by Crippen LogP contribution is 2.35. The van der Waals surface area contributed by atoms with Gasteiger partial charge in [-0.15, -0.1) is 11.3 Å². The van der Waals surface area contributed by atoms with Crippen LogP contribution in [0.2, 0.25) is 0 Å². The van der Waals surface area contributed by atoms with E-state index < -0.39 is 17.7 Å². The average Bonchev–Trinajstić information content (AvgIpc) is 3.06. The molecule has 27 heavy (non-hydrogen) atoms. The van der Waals surface area contributed by atoms with Crippen LogP contribution in [-0.4, -0.2) is 23.6 Å². The number of hydrogen-bond donors (Lipinski definition) is 2. The van der Waals surface area contributed by atoms with E-state index in [2.05, 4.69) is 5.32 Å². The summed E-state index contributed by atoms with van der Waals surface area (Å²) in [5, 5.41) is 12.0. The van der Waals surface area contributed by atoms with Gasteiger partial charge in [-0.3, -0.25) is 4.79 Å². The maximum Gasteiger partial charge on any atom is 0.348 e. The first-order chi connectivity index (χ1) is 13.0. The topological polar surface area (TPSA) is 75.6 Å². The van der Waals surface area contributed by atoms with Gasteiger partial charge in [-0.25, -0.2) is 9.18 Å². The molecule has 0 saturated heterocycles. The van der Waals surface area contributed by atoms with Crippen LogP contribution in [0.5, 0.6) is 5.75 Å². The summed E-state index contributed by atoms with van der Waals surface area (Å²) in [7, 11) is 0. The first-order valence-corrected chi connectivity index (χ1v) is 8.97. The fraction of sp³-hybridized carbons (Fsp3) is 0.100. The molecule has 0 unspecified atom stereocenters. The second-order valence-electron chi connectivity index (χ2n) is 5.58. The van der Waals surface area contributed by atoms with Crippen LogP contribution in [0.3, 0.4) is 0 Å². The van der Waals surface area contributed by atoms with Crippen LogP contribution in [0.25, 0.3) is 10.4 Å². The van der Waals surface area contributed by atoms with Crippen molar-refractivity contribution in [3.05, 3.63) is 70.9 Å². The SMILES string of the molecule is CCOc1ccc(-c2cc(NC(=O)c3cccc(F)c3)c(C(=O)O)s2)cc1. The van der Waals surface area contributed by atoms with E-state index in [0.29, 0.717) is 11.5 Å². The maximum absolute atomic E-state index is 13.3. The summed E-state index contributed by atoms with van der Waals surface area (Å²) in [6.07, 6.45) is 0. The predicted octanol–water partition coefficient (Wildman–Crippen LogP) is 4.90. The van der Waals surface area contributed by atoms with Crippen molar-refractivity contribution in [1.29, 1.82) is 0 Å². The Morgan fingerprint density at radius 1 is 1.15 bits per heavy atom. The molecule has 0 atom stereocenters. The van der Waals surface area contributed by atoms with Gasteiger partial charge in [0.15, 0.2) is 0 Å². The zero-order valence-corrected chi connectivity index (χ0v) is 15.2. The summed E-state index contributed by atoms with van der Waals surface area (Å²) in [5.74, 6) is -1.54. The summed E-state index contributed by atoms with van der Waals surface area (Å²) in [6, 6.07) is 14.0. The van der Waals surface area contributed by atoms with Crippen LogP contribution in [-0.2, 0) is 0 Å². The summed E-state index contributed by atoms with van der Waals surface area (Å²) in [6.45, 7) is 2.44. The summed E-state index contributed by atoms with van der Waals surface area (Å²) < 4.78 is 18.7. The monoisotopic (exact) mass is 385 g/mol. The minimum absolute atomic E-state index is 0.00337. The Labute approximate surface area is 159 Å². The highest BCUT2D eigenvalue weighted by Gasteiger charge is 2.19. The highest BCUT2D eigenvalue weighted by atomic mass is 32.1. The Bertz CT molecular complexity index is 982. The highest BCUT2D eigenvalue weighted by molar-refractivity contribution is 7.18. The molecule has 7 heteroatoms. The first-order valence-electron chi connectivity index (χ1n) is 8.15. The van der Waals surface area contributed by atoms with Crippen LogP contribution in [0, 0.1) is 5.82 Å². The number of carbonyl (C=O) groups is 2. The third kappa shape index (κ3) is 4.32. The molecule has 3 aromatic rings. The van der Waals surface area contributed by atoms with E-state index in [1.807, 2.05) is 19.1 Å². The average molecular weight is 385 g/mol. The third-order valence-corrected chi connectivity index (χ3v) is 4.88. The number of nitrogens with one attached hydrogen (secondary N) is 1. The number of carbonyl (C=O) groups excluding carboxylic acids is 1. The number of thiophene rings is 1. The molecule has 1 aromatic heterocycles. The van der Waals surface area contributed by atoms with Gasteiger partial charge in [-0.1, -0.05) is 6.07 Å². The molecule has 0 aliphatic carbocycles. The van der Waals surface area contributed by atoms with Crippen molar-refractivity contribution in [2.75, 3.05) is 11.9 Å². The number of benzene rings is 2. The van der Waals surface area contributed by atoms with E-state index in [1.54, 1.807) is 18.2 Å². The van der Waals surface area contributed by atoms with Crippen molar-refractivity contribution in [1.82, 2.24) is 0 Å². The molecule has 0 aliphatic heterocycles. The van der Waals surface area contributed by atoms with Gasteiger partial charge in [0, 0.05) is 10.4 Å². The fourth-order valence-electron chi connectivity index (χ4n) is 2.49. The number of carboxylic acids is 1. The smallest absolute Gasteiger partial charge is 0.348 e. The van der Waals surface area contributed by atoms with Crippen LogP contribution < -0.4 is 10.1 Å². The Kier molecular flexibility index (Phi) is 5.52. The largest absolute Gasteiger partial charge is 0.494 e. The lowest BCUT2D eigenvalue weighted by atomic mass is 10.1. The second-order valence-corrected chi connectivity index (χ2v) is 6.63. The Morgan fingerprint density at radius 2 is 1.89 bits per heavy atom. The van der Waals surface area contributed by atoms with Crippen molar-refractivity contribution in [2.24, 2.45) is 0 Å². The van der Waals surface area contributed by atoms with Crippen LogP contribution in [0.1, 0.15) is 27.0 Å². The van der Waals surface area contributed by atoms with Crippen LogP contribution >= 0.6 is 11.3 Å². The van der Waals surface area contributed by atoms with E-state index in [-0.39, 0.29) is 16.1 Å². The quantitative estimate of drug-likeness (QED) is 0.633. The van der Waals surface area contributed by atoms with Gasteiger partial charge in [-0.2, -0.15) is 0 Å². The van der Waals surface area contributed by atoms with Crippen LogP contribution in [0.4, 0.5) is 10.1 Å². The Balaban J connectivity index is 1.89.